The fourth-order valence-electron chi connectivity index (χ4n) is 5.77. The number of hydrogen-bond acceptors (Lipinski definition) is 6. The average molecular weight is 558 g/mol. The third-order valence-corrected chi connectivity index (χ3v) is 10.1. The van der Waals surface area contributed by atoms with E-state index in [0.29, 0.717) is 34.7 Å². The normalized spacial score (nSPS) is 20.5. The Kier molecular flexibility index (Phi) is 10.0. The molecule has 2 aliphatic rings. The standard InChI is InChI=1S/C30H43N3O5S/c1-22-18-27(37-4)19-23(2)29(22)39(35,36)33-17-9-8-14-26(33)21-38-24(3)30(34)31-28(20-32-15-10-11-16-32)25-12-6-5-7-13-25/h5-7,12-13,18-19,24,26,28H,8-11,14-17,20-21H2,1-4H3,(H,31,34). The number of nitrogens with one attached hydrogen (secondary N) is 1. The van der Waals surface area contributed by atoms with Gasteiger partial charge in [0, 0.05) is 19.1 Å². The van der Waals surface area contributed by atoms with Gasteiger partial charge in [-0.15, -0.1) is 0 Å². The first-order valence-corrected chi connectivity index (χ1v) is 15.5. The zero-order chi connectivity index (χ0) is 28.0. The summed E-state index contributed by atoms with van der Waals surface area (Å²) in [6.07, 6.45) is 4.09. The first-order valence-electron chi connectivity index (χ1n) is 14.1. The first-order chi connectivity index (χ1) is 18.7. The fourth-order valence-corrected chi connectivity index (χ4v) is 7.87. The number of ether oxygens (including phenoxy) is 2. The van der Waals surface area contributed by atoms with E-state index in [1.54, 1.807) is 44.3 Å². The third-order valence-electron chi connectivity index (χ3n) is 7.88. The number of sulfonamides is 1. The van der Waals surface area contributed by atoms with Gasteiger partial charge in [-0.1, -0.05) is 36.8 Å². The molecular formula is C30H43N3O5S. The molecule has 1 N–H and O–H groups in total. The second kappa shape index (κ2) is 13.3. The minimum Gasteiger partial charge on any atom is -0.497 e. The molecule has 8 nitrogen and oxygen atoms in total. The predicted octanol–water partition coefficient (Wildman–Crippen LogP) is 4.21. The number of benzene rings is 2. The van der Waals surface area contributed by atoms with E-state index in [4.69, 9.17) is 9.47 Å². The van der Waals surface area contributed by atoms with Crippen molar-refractivity contribution in [1.82, 2.24) is 14.5 Å². The van der Waals surface area contributed by atoms with E-state index in [-0.39, 0.29) is 24.6 Å². The maximum absolute atomic E-state index is 13.8. The molecular weight excluding hydrogens is 514 g/mol. The molecule has 4 rings (SSSR count). The number of carbonyl (C=O) groups is 1. The number of piperidine rings is 1. The number of hydrogen-bond donors (Lipinski definition) is 1. The molecule has 0 radical (unpaired) electrons. The van der Waals surface area contributed by atoms with E-state index in [1.165, 1.54) is 12.8 Å². The fraction of sp³-hybridized carbons (Fsp3) is 0.567. The summed E-state index contributed by atoms with van der Waals surface area (Å²) in [6.45, 7) is 8.81. The van der Waals surface area contributed by atoms with Crippen molar-refractivity contribution in [2.75, 3.05) is 39.9 Å². The number of rotatable bonds is 11. The van der Waals surface area contributed by atoms with Gasteiger partial charge in [-0.3, -0.25) is 4.79 Å². The van der Waals surface area contributed by atoms with E-state index in [1.807, 2.05) is 30.3 Å². The van der Waals surface area contributed by atoms with Crippen LogP contribution in [0.4, 0.5) is 0 Å². The Bertz CT molecular complexity index is 1190. The van der Waals surface area contributed by atoms with Crippen LogP contribution in [0.2, 0.25) is 0 Å². The Morgan fingerprint density at radius 1 is 1.03 bits per heavy atom. The van der Waals surface area contributed by atoms with Crippen LogP contribution >= 0.6 is 0 Å². The molecule has 39 heavy (non-hydrogen) atoms. The molecule has 2 aromatic carbocycles. The molecule has 2 heterocycles. The molecule has 0 aromatic heterocycles. The molecule has 2 saturated heterocycles. The molecule has 0 saturated carbocycles. The van der Waals surface area contributed by atoms with Crippen molar-refractivity contribution < 1.29 is 22.7 Å². The Labute approximate surface area is 233 Å². The van der Waals surface area contributed by atoms with Crippen molar-refractivity contribution >= 4 is 15.9 Å². The summed E-state index contributed by atoms with van der Waals surface area (Å²) in [4.78, 5) is 15.9. The lowest BCUT2D eigenvalue weighted by atomic mass is 10.1. The van der Waals surface area contributed by atoms with Crippen molar-refractivity contribution in [3.63, 3.8) is 0 Å². The van der Waals surface area contributed by atoms with Gasteiger partial charge in [0.05, 0.1) is 24.7 Å². The Hall–Kier alpha value is -2.46. The second-order valence-corrected chi connectivity index (χ2v) is 12.6. The predicted molar refractivity (Wildman–Crippen MR) is 152 cm³/mol. The lowest BCUT2D eigenvalue weighted by molar-refractivity contribution is -0.133. The van der Waals surface area contributed by atoms with Gasteiger partial charge in [-0.25, -0.2) is 8.42 Å². The number of amides is 1. The summed E-state index contributed by atoms with van der Waals surface area (Å²) >= 11 is 0. The smallest absolute Gasteiger partial charge is 0.249 e. The second-order valence-electron chi connectivity index (χ2n) is 10.8. The molecule has 0 bridgehead atoms. The van der Waals surface area contributed by atoms with Crippen LogP contribution in [0.3, 0.4) is 0 Å². The monoisotopic (exact) mass is 557 g/mol. The average Bonchev–Trinajstić information content (AvgIpc) is 3.44. The number of likely N-dealkylation sites (tertiary alicyclic amines) is 1. The van der Waals surface area contributed by atoms with Gasteiger partial charge in [-0.05, 0) is 88.4 Å². The summed E-state index contributed by atoms with van der Waals surface area (Å²) in [5.41, 5.74) is 2.39. The van der Waals surface area contributed by atoms with E-state index in [9.17, 15) is 13.2 Å². The van der Waals surface area contributed by atoms with Gasteiger partial charge in [0.1, 0.15) is 11.9 Å². The van der Waals surface area contributed by atoms with Crippen LogP contribution < -0.4 is 10.1 Å². The van der Waals surface area contributed by atoms with Crippen LogP contribution in [0.25, 0.3) is 0 Å². The van der Waals surface area contributed by atoms with E-state index < -0.39 is 16.1 Å². The molecule has 3 unspecified atom stereocenters. The molecule has 9 heteroatoms. The Morgan fingerprint density at radius 3 is 2.31 bits per heavy atom. The van der Waals surface area contributed by atoms with Crippen molar-refractivity contribution in [1.29, 1.82) is 0 Å². The number of nitrogens with zero attached hydrogens (tertiary/aromatic N) is 2. The first kappa shape index (κ1) is 29.5. The van der Waals surface area contributed by atoms with Crippen molar-refractivity contribution in [3.8, 4) is 5.75 Å². The summed E-state index contributed by atoms with van der Waals surface area (Å²) < 4.78 is 40.6. The molecule has 1 amide bonds. The number of methoxy groups -OCH3 is 1. The van der Waals surface area contributed by atoms with Gasteiger partial charge < -0.3 is 19.7 Å². The molecule has 0 aliphatic carbocycles. The highest BCUT2D eigenvalue weighted by Gasteiger charge is 2.36. The Morgan fingerprint density at radius 2 is 1.67 bits per heavy atom. The SMILES string of the molecule is COc1cc(C)c(S(=O)(=O)N2CCCCC2COC(C)C(=O)NC(CN2CCCC2)c2ccccc2)c(C)c1. The van der Waals surface area contributed by atoms with Crippen LogP contribution in [-0.2, 0) is 19.6 Å². The minimum atomic E-state index is -3.74. The highest BCUT2D eigenvalue weighted by atomic mass is 32.2. The van der Waals surface area contributed by atoms with Crippen LogP contribution in [0.15, 0.2) is 47.4 Å². The van der Waals surface area contributed by atoms with Gasteiger partial charge in [0.2, 0.25) is 15.9 Å². The van der Waals surface area contributed by atoms with E-state index in [0.717, 1.165) is 38.0 Å². The molecule has 3 atom stereocenters. The zero-order valence-corrected chi connectivity index (χ0v) is 24.5. The molecule has 2 aliphatic heterocycles. The molecule has 2 aromatic rings. The quantitative estimate of drug-likeness (QED) is 0.445. The molecule has 0 spiro atoms. The van der Waals surface area contributed by atoms with Crippen molar-refractivity contribution in [3.05, 3.63) is 59.2 Å². The van der Waals surface area contributed by atoms with Gasteiger partial charge in [0.25, 0.3) is 0 Å². The van der Waals surface area contributed by atoms with Gasteiger partial charge >= 0.3 is 0 Å². The Balaban J connectivity index is 1.43. The summed E-state index contributed by atoms with van der Waals surface area (Å²) in [7, 11) is -2.17. The number of carbonyl (C=O) groups excluding carboxylic acids is 1. The summed E-state index contributed by atoms with van der Waals surface area (Å²) in [6, 6.07) is 13.1. The van der Waals surface area contributed by atoms with Gasteiger partial charge in [-0.2, -0.15) is 4.31 Å². The minimum absolute atomic E-state index is 0.129. The molecule has 214 valence electrons. The maximum Gasteiger partial charge on any atom is 0.249 e. The van der Waals surface area contributed by atoms with E-state index >= 15 is 0 Å². The highest BCUT2D eigenvalue weighted by molar-refractivity contribution is 7.89. The van der Waals surface area contributed by atoms with Crippen molar-refractivity contribution in [2.45, 2.75) is 76.0 Å². The van der Waals surface area contributed by atoms with Crippen LogP contribution in [0.5, 0.6) is 5.75 Å². The largest absolute Gasteiger partial charge is 0.497 e. The number of aryl methyl sites for hydroxylation is 2. The lowest BCUT2D eigenvalue weighted by Crippen LogP contribution is -2.48. The van der Waals surface area contributed by atoms with Crippen LogP contribution in [0, 0.1) is 13.8 Å². The third kappa shape index (κ3) is 7.20. The lowest BCUT2D eigenvalue weighted by Gasteiger charge is -2.35. The van der Waals surface area contributed by atoms with E-state index in [2.05, 4.69) is 10.2 Å². The molecule has 2 fully saturated rings. The topological polar surface area (TPSA) is 88.2 Å². The van der Waals surface area contributed by atoms with Gasteiger partial charge in [0.15, 0.2) is 0 Å². The van der Waals surface area contributed by atoms with Crippen molar-refractivity contribution in [2.24, 2.45) is 0 Å². The summed E-state index contributed by atoms with van der Waals surface area (Å²) in [5, 5.41) is 3.19. The maximum atomic E-state index is 13.8. The van der Waals surface area contributed by atoms with Crippen LogP contribution in [-0.4, -0.2) is 75.6 Å². The zero-order valence-electron chi connectivity index (χ0n) is 23.7. The summed E-state index contributed by atoms with van der Waals surface area (Å²) in [5.74, 6) is 0.455. The highest BCUT2D eigenvalue weighted by Crippen LogP contribution is 2.32. The van der Waals surface area contributed by atoms with Crippen LogP contribution in [0.1, 0.15) is 61.8 Å².